The minimum absolute atomic E-state index is 0.0182. The van der Waals surface area contributed by atoms with E-state index >= 15 is 0 Å². The van der Waals surface area contributed by atoms with Gasteiger partial charge in [0, 0.05) is 18.1 Å². The van der Waals surface area contributed by atoms with E-state index in [1.807, 2.05) is 6.92 Å². The number of esters is 2. The van der Waals surface area contributed by atoms with E-state index in [2.05, 4.69) is 0 Å². The van der Waals surface area contributed by atoms with Gasteiger partial charge in [-0.15, -0.1) is 0 Å². The molecule has 1 aliphatic heterocycles. The lowest BCUT2D eigenvalue weighted by Gasteiger charge is -2.50. The average Bonchev–Trinajstić information content (AvgIpc) is 2.70. The second kappa shape index (κ2) is 8.07. The first-order chi connectivity index (χ1) is 14.5. The summed E-state index contributed by atoms with van der Waals surface area (Å²) in [4.78, 5) is 50.2. The molecule has 8 nitrogen and oxygen atoms in total. The van der Waals surface area contributed by atoms with Crippen molar-refractivity contribution in [2.45, 2.75) is 77.3 Å². The lowest BCUT2D eigenvalue weighted by molar-refractivity contribution is -0.193. The van der Waals surface area contributed by atoms with Gasteiger partial charge in [-0.3, -0.25) is 14.4 Å². The molecule has 8 heteroatoms. The summed E-state index contributed by atoms with van der Waals surface area (Å²) >= 11 is 0. The molecule has 0 aromatic carbocycles. The normalized spacial score (nSPS) is 35.5. The minimum atomic E-state index is -2.03. The summed E-state index contributed by atoms with van der Waals surface area (Å²) in [5.41, 5.74) is -2.89. The number of aliphatic hydroxyl groups excluding tert-OH is 1. The number of aliphatic hydroxyl groups is 1. The zero-order chi connectivity index (χ0) is 23.1. The van der Waals surface area contributed by atoms with Crippen molar-refractivity contribution in [2.75, 3.05) is 0 Å². The fraction of sp³-hybridized carbons (Fsp3) is 0.565. The summed E-state index contributed by atoms with van der Waals surface area (Å²) in [6.45, 7) is 7.59. The van der Waals surface area contributed by atoms with Crippen molar-refractivity contribution < 1.29 is 38.5 Å². The van der Waals surface area contributed by atoms with Gasteiger partial charge in [-0.05, 0) is 52.0 Å². The van der Waals surface area contributed by atoms with Crippen molar-refractivity contribution in [3.05, 3.63) is 35.1 Å². The van der Waals surface area contributed by atoms with Crippen LogP contribution in [0.5, 0.6) is 0 Å². The summed E-state index contributed by atoms with van der Waals surface area (Å²) in [7, 11) is 0. The molecule has 1 N–H and O–H groups in total. The predicted molar refractivity (Wildman–Crippen MR) is 108 cm³/mol. The lowest BCUT2D eigenvalue weighted by Crippen LogP contribution is -2.62. The molecule has 0 bridgehead atoms. The molecule has 0 amide bonds. The molecule has 0 radical (unpaired) electrons. The summed E-state index contributed by atoms with van der Waals surface area (Å²) in [5.74, 6) is -2.76. The van der Waals surface area contributed by atoms with Crippen LogP contribution >= 0.6 is 0 Å². The molecule has 0 aromatic heterocycles. The van der Waals surface area contributed by atoms with Crippen LogP contribution in [-0.4, -0.2) is 52.0 Å². The van der Waals surface area contributed by atoms with E-state index in [4.69, 9.17) is 14.2 Å². The maximum absolute atomic E-state index is 13.2. The number of carbonyl (C=O) groups excluding carboxylic acids is 4. The number of rotatable bonds is 3. The number of ether oxygens (including phenoxy) is 3. The number of ketones is 2. The zero-order valence-corrected chi connectivity index (χ0v) is 18.4. The lowest BCUT2D eigenvalue weighted by atomic mass is 9.67. The molecular weight excluding hydrogens is 404 g/mol. The molecule has 3 aliphatic rings. The molecule has 0 aromatic rings. The summed E-state index contributed by atoms with van der Waals surface area (Å²) in [6, 6.07) is 0. The standard InChI is InChI=1S/C23H28O8/c1-6-13(3)21(28)30-20-15-9-18(26)22(5,31-14(4)24)19(27)16(15)11-29-23(20)10-12(2)7-8-17(23)25/h6,9,11-12,17,20,25H,7-8,10H2,1-5H3. The van der Waals surface area contributed by atoms with Crippen molar-refractivity contribution >= 4 is 23.5 Å². The van der Waals surface area contributed by atoms with Crippen molar-refractivity contribution in [2.24, 2.45) is 5.92 Å². The van der Waals surface area contributed by atoms with E-state index in [0.29, 0.717) is 18.4 Å². The Labute approximate surface area is 180 Å². The number of Topliss-reactive ketones (excluding diaryl/α,β-unsaturated/α-hetero) is 1. The Kier molecular flexibility index (Phi) is 5.97. The molecule has 1 fully saturated rings. The molecule has 1 spiro atoms. The van der Waals surface area contributed by atoms with Crippen LogP contribution in [0.3, 0.4) is 0 Å². The van der Waals surface area contributed by atoms with E-state index in [1.54, 1.807) is 19.9 Å². The van der Waals surface area contributed by atoms with E-state index in [1.165, 1.54) is 13.2 Å². The van der Waals surface area contributed by atoms with Gasteiger partial charge in [0.05, 0.1) is 17.9 Å². The predicted octanol–water partition coefficient (Wildman–Crippen LogP) is 2.10. The van der Waals surface area contributed by atoms with E-state index < -0.39 is 46.9 Å². The molecule has 3 rings (SSSR count). The van der Waals surface area contributed by atoms with Gasteiger partial charge in [-0.1, -0.05) is 13.0 Å². The Hall–Kier alpha value is -2.74. The molecule has 5 unspecified atom stereocenters. The van der Waals surface area contributed by atoms with Crippen LogP contribution in [0.1, 0.15) is 53.9 Å². The number of fused-ring (bicyclic) bond motifs is 1. The second-order valence-corrected chi connectivity index (χ2v) is 8.68. The Morgan fingerprint density at radius 3 is 2.55 bits per heavy atom. The van der Waals surface area contributed by atoms with Crippen molar-refractivity contribution in [3.63, 3.8) is 0 Å². The molecule has 31 heavy (non-hydrogen) atoms. The van der Waals surface area contributed by atoms with E-state index in [9.17, 15) is 24.3 Å². The van der Waals surface area contributed by atoms with E-state index in [0.717, 1.165) is 19.4 Å². The Balaban J connectivity index is 2.14. The van der Waals surface area contributed by atoms with Gasteiger partial charge in [0.1, 0.15) is 0 Å². The minimum Gasteiger partial charge on any atom is -0.487 e. The number of carbonyl (C=O) groups is 4. The van der Waals surface area contributed by atoms with Crippen LogP contribution in [0.25, 0.3) is 0 Å². The van der Waals surface area contributed by atoms with Crippen LogP contribution in [0.2, 0.25) is 0 Å². The molecule has 1 heterocycles. The van der Waals surface area contributed by atoms with Gasteiger partial charge in [-0.25, -0.2) is 4.79 Å². The first kappa shape index (κ1) is 22.9. The Morgan fingerprint density at radius 1 is 1.26 bits per heavy atom. The van der Waals surface area contributed by atoms with Crippen molar-refractivity contribution in [1.29, 1.82) is 0 Å². The SMILES string of the molecule is CC=C(C)C(=O)OC1C2=CC(=O)C(C)(OC(C)=O)C(=O)C2=COC12CC(C)CCC2O. The average molecular weight is 432 g/mol. The highest BCUT2D eigenvalue weighted by molar-refractivity contribution is 6.26. The highest BCUT2D eigenvalue weighted by Gasteiger charge is 2.60. The second-order valence-electron chi connectivity index (χ2n) is 8.68. The summed E-state index contributed by atoms with van der Waals surface area (Å²) < 4.78 is 16.8. The number of allylic oxidation sites excluding steroid dienone is 1. The third kappa shape index (κ3) is 3.73. The van der Waals surface area contributed by atoms with Gasteiger partial charge in [-0.2, -0.15) is 0 Å². The van der Waals surface area contributed by atoms with Gasteiger partial charge in [0.15, 0.2) is 11.7 Å². The Bertz CT molecular complexity index is 926. The third-order valence-electron chi connectivity index (χ3n) is 6.36. The highest BCUT2D eigenvalue weighted by atomic mass is 16.6. The molecule has 1 saturated carbocycles. The smallest absolute Gasteiger partial charge is 0.334 e. The van der Waals surface area contributed by atoms with Crippen molar-refractivity contribution in [1.82, 2.24) is 0 Å². The number of hydrogen-bond acceptors (Lipinski definition) is 8. The Morgan fingerprint density at radius 2 is 1.94 bits per heavy atom. The zero-order valence-electron chi connectivity index (χ0n) is 18.4. The largest absolute Gasteiger partial charge is 0.487 e. The van der Waals surface area contributed by atoms with Gasteiger partial charge in [0.25, 0.3) is 0 Å². The van der Waals surface area contributed by atoms with Crippen LogP contribution < -0.4 is 0 Å². The topological polar surface area (TPSA) is 116 Å². The maximum atomic E-state index is 13.2. The van der Waals surface area contributed by atoms with Gasteiger partial charge in [0.2, 0.25) is 17.2 Å². The van der Waals surface area contributed by atoms with E-state index in [-0.39, 0.29) is 17.1 Å². The summed E-state index contributed by atoms with van der Waals surface area (Å²) in [5, 5.41) is 10.9. The number of hydrogen-bond donors (Lipinski definition) is 1. The van der Waals surface area contributed by atoms with Gasteiger partial charge < -0.3 is 19.3 Å². The molecule has 0 saturated heterocycles. The van der Waals surface area contributed by atoms with Crippen LogP contribution in [0, 0.1) is 5.92 Å². The highest BCUT2D eigenvalue weighted by Crippen LogP contribution is 2.48. The first-order valence-corrected chi connectivity index (χ1v) is 10.4. The fourth-order valence-electron chi connectivity index (χ4n) is 4.43. The van der Waals surface area contributed by atoms with Crippen LogP contribution in [-0.2, 0) is 33.4 Å². The third-order valence-corrected chi connectivity index (χ3v) is 6.36. The summed E-state index contributed by atoms with van der Waals surface area (Å²) in [6.07, 6.45) is 3.33. The van der Waals surface area contributed by atoms with Gasteiger partial charge >= 0.3 is 11.9 Å². The van der Waals surface area contributed by atoms with Crippen LogP contribution in [0.4, 0.5) is 0 Å². The first-order valence-electron chi connectivity index (χ1n) is 10.4. The fourth-order valence-corrected chi connectivity index (χ4v) is 4.43. The van der Waals surface area contributed by atoms with Crippen LogP contribution in [0.15, 0.2) is 35.1 Å². The quantitative estimate of drug-likeness (QED) is 0.409. The molecule has 168 valence electrons. The molecular formula is C23H28O8. The molecule has 5 atom stereocenters. The van der Waals surface area contributed by atoms with Crippen molar-refractivity contribution in [3.8, 4) is 0 Å². The molecule has 2 aliphatic carbocycles. The monoisotopic (exact) mass is 432 g/mol. The maximum Gasteiger partial charge on any atom is 0.334 e.